The molecule has 0 heterocycles. The van der Waals surface area contributed by atoms with E-state index in [0.29, 0.717) is 6.04 Å². The summed E-state index contributed by atoms with van der Waals surface area (Å²) in [4.78, 5) is 2.68. The Labute approximate surface area is 112 Å². The van der Waals surface area contributed by atoms with Gasteiger partial charge in [-0.2, -0.15) is 5.26 Å². The first-order valence-corrected chi connectivity index (χ1v) is 7.95. The second-order valence-electron chi connectivity index (χ2n) is 6.16. The van der Waals surface area contributed by atoms with Gasteiger partial charge in [0.15, 0.2) is 0 Å². The molecule has 2 saturated carbocycles. The van der Waals surface area contributed by atoms with Crippen molar-refractivity contribution in [2.75, 3.05) is 6.54 Å². The fourth-order valence-corrected chi connectivity index (χ4v) is 4.12. The van der Waals surface area contributed by atoms with E-state index >= 15 is 0 Å². The molecule has 2 aliphatic rings. The first kappa shape index (κ1) is 13.9. The summed E-state index contributed by atoms with van der Waals surface area (Å²) in [5.74, 6) is 1.14. The van der Waals surface area contributed by atoms with Crippen LogP contribution in [0, 0.1) is 23.2 Å². The Kier molecular flexibility index (Phi) is 5.06. The van der Waals surface area contributed by atoms with E-state index in [9.17, 15) is 5.26 Å². The molecule has 3 atom stereocenters. The van der Waals surface area contributed by atoms with Crippen LogP contribution in [0.1, 0.15) is 65.2 Å². The van der Waals surface area contributed by atoms with Gasteiger partial charge in [-0.05, 0) is 44.6 Å². The first-order valence-electron chi connectivity index (χ1n) is 7.95. The van der Waals surface area contributed by atoms with E-state index in [0.717, 1.165) is 24.9 Å². The molecule has 0 aromatic rings. The quantitative estimate of drug-likeness (QED) is 0.752. The molecule has 2 aliphatic carbocycles. The Morgan fingerprint density at radius 1 is 1.11 bits per heavy atom. The molecule has 0 amide bonds. The number of nitrogens with zero attached hydrogens (tertiary/aromatic N) is 2. The van der Waals surface area contributed by atoms with Gasteiger partial charge in [0, 0.05) is 12.1 Å². The van der Waals surface area contributed by atoms with E-state index in [4.69, 9.17) is 0 Å². The number of hydrogen-bond donors (Lipinski definition) is 0. The fourth-order valence-electron chi connectivity index (χ4n) is 4.12. The molecule has 2 heteroatoms. The maximum absolute atomic E-state index is 9.43. The number of rotatable bonds is 4. The van der Waals surface area contributed by atoms with E-state index in [-0.39, 0.29) is 5.92 Å². The molecule has 2 fully saturated rings. The molecule has 18 heavy (non-hydrogen) atoms. The van der Waals surface area contributed by atoms with Crippen molar-refractivity contribution in [3.63, 3.8) is 0 Å². The van der Waals surface area contributed by atoms with Gasteiger partial charge in [-0.15, -0.1) is 0 Å². The van der Waals surface area contributed by atoms with E-state index in [2.05, 4.69) is 24.8 Å². The molecule has 102 valence electrons. The standard InChI is InChI=1S/C16H28N2/c1-3-13-9-10-14(12-17)16(11-13)18(4-2)15-7-5-6-8-15/h13-16H,3-11H2,1-2H3. The largest absolute Gasteiger partial charge is 0.296 e. The highest BCUT2D eigenvalue weighted by Crippen LogP contribution is 2.37. The van der Waals surface area contributed by atoms with Crippen LogP contribution in [0.2, 0.25) is 0 Å². The number of nitriles is 1. The lowest BCUT2D eigenvalue weighted by Crippen LogP contribution is -2.48. The van der Waals surface area contributed by atoms with Gasteiger partial charge in [0.05, 0.1) is 12.0 Å². The van der Waals surface area contributed by atoms with Gasteiger partial charge < -0.3 is 0 Å². The van der Waals surface area contributed by atoms with Crippen LogP contribution in [-0.4, -0.2) is 23.5 Å². The highest BCUT2D eigenvalue weighted by atomic mass is 15.2. The highest BCUT2D eigenvalue weighted by molar-refractivity contribution is 4.99. The maximum Gasteiger partial charge on any atom is 0.0672 e. The predicted molar refractivity (Wildman–Crippen MR) is 75.2 cm³/mol. The SMILES string of the molecule is CCC1CCC(C#N)C(N(CC)C2CCCC2)C1. The van der Waals surface area contributed by atoms with Crippen LogP contribution in [0.5, 0.6) is 0 Å². The predicted octanol–water partition coefficient (Wildman–Crippen LogP) is 3.97. The Morgan fingerprint density at radius 3 is 2.39 bits per heavy atom. The third-order valence-corrected chi connectivity index (χ3v) is 5.25. The van der Waals surface area contributed by atoms with Gasteiger partial charge in [-0.3, -0.25) is 4.90 Å². The van der Waals surface area contributed by atoms with Crippen molar-refractivity contribution in [3.8, 4) is 6.07 Å². The Hall–Kier alpha value is -0.550. The molecule has 0 bridgehead atoms. The molecule has 2 rings (SSSR count). The summed E-state index contributed by atoms with van der Waals surface area (Å²) in [5.41, 5.74) is 0. The molecule has 0 radical (unpaired) electrons. The van der Waals surface area contributed by atoms with Gasteiger partial charge in [-0.1, -0.05) is 33.1 Å². The van der Waals surface area contributed by atoms with Crippen LogP contribution in [0.3, 0.4) is 0 Å². The fraction of sp³-hybridized carbons (Fsp3) is 0.938. The van der Waals surface area contributed by atoms with Crippen LogP contribution < -0.4 is 0 Å². The van der Waals surface area contributed by atoms with Crippen LogP contribution >= 0.6 is 0 Å². The van der Waals surface area contributed by atoms with E-state index in [1.54, 1.807) is 0 Å². The van der Waals surface area contributed by atoms with Crippen molar-refractivity contribution in [1.82, 2.24) is 4.90 Å². The first-order chi connectivity index (χ1) is 8.80. The second-order valence-corrected chi connectivity index (χ2v) is 6.16. The monoisotopic (exact) mass is 248 g/mol. The van der Waals surface area contributed by atoms with Gasteiger partial charge >= 0.3 is 0 Å². The molecule has 0 aromatic carbocycles. The molecule has 0 N–H and O–H groups in total. The van der Waals surface area contributed by atoms with Crippen LogP contribution in [0.25, 0.3) is 0 Å². The van der Waals surface area contributed by atoms with Crippen molar-refractivity contribution >= 4 is 0 Å². The van der Waals surface area contributed by atoms with Gasteiger partial charge in [0.25, 0.3) is 0 Å². The number of hydrogen-bond acceptors (Lipinski definition) is 2. The normalized spacial score (nSPS) is 33.8. The topological polar surface area (TPSA) is 27.0 Å². The zero-order valence-corrected chi connectivity index (χ0v) is 12.1. The van der Waals surface area contributed by atoms with Crippen molar-refractivity contribution in [2.45, 2.75) is 77.3 Å². The maximum atomic E-state index is 9.43. The molecule has 0 saturated heterocycles. The lowest BCUT2D eigenvalue weighted by molar-refractivity contribution is 0.0676. The summed E-state index contributed by atoms with van der Waals surface area (Å²) in [7, 11) is 0. The minimum absolute atomic E-state index is 0.286. The smallest absolute Gasteiger partial charge is 0.0672 e. The Balaban J connectivity index is 2.07. The average molecular weight is 248 g/mol. The molecule has 3 unspecified atom stereocenters. The van der Waals surface area contributed by atoms with Crippen LogP contribution in [-0.2, 0) is 0 Å². The summed E-state index contributed by atoms with van der Waals surface area (Å²) >= 11 is 0. The zero-order chi connectivity index (χ0) is 13.0. The van der Waals surface area contributed by atoms with Crippen LogP contribution in [0.15, 0.2) is 0 Å². The van der Waals surface area contributed by atoms with Crippen molar-refractivity contribution < 1.29 is 0 Å². The minimum Gasteiger partial charge on any atom is -0.296 e. The lowest BCUT2D eigenvalue weighted by Gasteiger charge is -2.42. The summed E-state index contributed by atoms with van der Waals surface area (Å²) in [6.07, 6.45) is 10.5. The molecular formula is C16H28N2. The second kappa shape index (κ2) is 6.57. The van der Waals surface area contributed by atoms with E-state index < -0.39 is 0 Å². The minimum atomic E-state index is 0.286. The molecular weight excluding hydrogens is 220 g/mol. The summed E-state index contributed by atoms with van der Waals surface area (Å²) in [6, 6.07) is 3.91. The van der Waals surface area contributed by atoms with Crippen LogP contribution in [0.4, 0.5) is 0 Å². The van der Waals surface area contributed by atoms with Gasteiger partial charge in [0.2, 0.25) is 0 Å². The Morgan fingerprint density at radius 2 is 1.83 bits per heavy atom. The molecule has 2 nitrogen and oxygen atoms in total. The zero-order valence-electron chi connectivity index (χ0n) is 12.1. The molecule has 0 aromatic heterocycles. The highest BCUT2D eigenvalue weighted by Gasteiger charge is 2.36. The third-order valence-electron chi connectivity index (χ3n) is 5.25. The summed E-state index contributed by atoms with van der Waals surface area (Å²) in [6.45, 7) is 5.71. The summed E-state index contributed by atoms with van der Waals surface area (Å²) in [5, 5.41) is 9.43. The van der Waals surface area contributed by atoms with E-state index in [1.807, 2.05) is 0 Å². The molecule has 0 aliphatic heterocycles. The molecule has 0 spiro atoms. The lowest BCUT2D eigenvalue weighted by atomic mass is 9.76. The average Bonchev–Trinajstić information content (AvgIpc) is 2.93. The van der Waals surface area contributed by atoms with Crippen molar-refractivity contribution in [3.05, 3.63) is 0 Å². The van der Waals surface area contributed by atoms with Crippen molar-refractivity contribution in [2.24, 2.45) is 11.8 Å². The van der Waals surface area contributed by atoms with Gasteiger partial charge in [-0.25, -0.2) is 0 Å². The van der Waals surface area contributed by atoms with Gasteiger partial charge in [0.1, 0.15) is 0 Å². The van der Waals surface area contributed by atoms with Crippen molar-refractivity contribution in [1.29, 1.82) is 5.26 Å². The summed E-state index contributed by atoms with van der Waals surface area (Å²) < 4.78 is 0. The van der Waals surface area contributed by atoms with E-state index in [1.165, 1.54) is 44.9 Å². The Bertz CT molecular complexity index is 288. The third kappa shape index (κ3) is 2.88.